The van der Waals surface area contributed by atoms with Crippen LogP contribution >= 0.6 is 11.8 Å². The molecule has 5 nitrogen and oxygen atoms in total. The van der Waals surface area contributed by atoms with E-state index in [0.717, 1.165) is 12.8 Å². The zero-order valence-electron chi connectivity index (χ0n) is 9.59. The minimum Gasteiger partial charge on any atom is -0.476 e. The van der Waals surface area contributed by atoms with Crippen molar-refractivity contribution in [3.63, 3.8) is 0 Å². The van der Waals surface area contributed by atoms with Crippen LogP contribution in [0, 0.1) is 0 Å². The van der Waals surface area contributed by atoms with Gasteiger partial charge >= 0.3 is 5.97 Å². The van der Waals surface area contributed by atoms with Gasteiger partial charge in [0.1, 0.15) is 5.82 Å². The average molecular weight is 253 g/mol. The van der Waals surface area contributed by atoms with Crippen molar-refractivity contribution in [2.24, 2.45) is 0 Å². The molecule has 0 radical (unpaired) electrons. The maximum absolute atomic E-state index is 10.8. The Balaban J connectivity index is 1.99. The molecule has 92 valence electrons. The van der Waals surface area contributed by atoms with Crippen LogP contribution in [-0.2, 0) is 0 Å². The van der Waals surface area contributed by atoms with Crippen LogP contribution in [0.4, 0.5) is 5.82 Å². The molecule has 1 heterocycles. The first kappa shape index (κ1) is 12.2. The van der Waals surface area contributed by atoms with E-state index in [9.17, 15) is 4.79 Å². The normalized spacial score (nSPS) is 23.6. The molecule has 2 N–H and O–H groups in total. The molecule has 6 heteroatoms. The van der Waals surface area contributed by atoms with Gasteiger partial charge in [-0.25, -0.2) is 9.78 Å². The Morgan fingerprint density at radius 3 is 3.00 bits per heavy atom. The van der Waals surface area contributed by atoms with E-state index in [1.807, 2.05) is 11.8 Å². The fraction of sp³-hybridized carbons (Fsp3) is 0.545. The van der Waals surface area contributed by atoms with Crippen molar-refractivity contribution in [2.75, 3.05) is 11.6 Å². The molecule has 2 atom stereocenters. The molecule has 2 unspecified atom stereocenters. The highest BCUT2D eigenvalue weighted by atomic mass is 32.2. The summed E-state index contributed by atoms with van der Waals surface area (Å²) in [6, 6.07) is 0.380. The van der Waals surface area contributed by atoms with Crippen molar-refractivity contribution in [3.05, 3.63) is 18.1 Å². The molecule has 1 aromatic heterocycles. The third-order valence-electron chi connectivity index (χ3n) is 2.92. The molecule has 1 fully saturated rings. The second kappa shape index (κ2) is 5.35. The van der Waals surface area contributed by atoms with Crippen LogP contribution in [0.5, 0.6) is 0 Å². The van der Waals surface area contributed by atoms with Gasteiger partial charge in [-0.05, 0) is 25.5 Å². The minimum atomic E-state index is -1.05. The molecule has 1 aliphatic rings. The summed E-state index contributed by atoms with van der Waals surface area (Å²) in [5.41, 5.74) is -0.0191. The SMILES string of the molecule is CSC1CCC(Nc2cncc(C(=O)O)n2)C1. The maximum Gasteiger partial charge on any atom is 0.356 e. The number of rotatable bonds is 4. The number of hydrogen-bond acceptors (Lipinski definition) is 5. The Hall–Kier alpha value is -1.30. The van der Waals surface area contributed by atoms with E-state index in [4.69, 9.17) is 5.11 Å². The largest absolute Gasteiger partial charge is 0.476 e. The summed E-state index contributed by atoms with van der Waals surface area (Å²) in [5, 5.41) is 12.8. The monoisotopic (exact) mass is 253 g/mol. The predicted molar refractivity (Wildman–Crippen MR) is 67.6 cm³/mol. The number of aromatic carboxylic acids is 1. The average Bonchev–Trinajstić information content (AvgIpc) is 2.77. The maximum atomic E-state index is 10.8. The van der Waals surface area contributed by atoms with E-state index in [0.29, 0.717) is 17.1 Å². The van der Waals surface area contributed by atoms with Gasteiger partial charge in [-0.1, -0.05) is 0 Å². The van der Waals surface area contributed by atoms with Crippen molar-refractivity contribution >= 4 is 23.5 Å². The molecule has 0 aliphatic heterocycles. The Labute approximate surface area is 104 Å². The number of nitrogens with zero attached hydrogens (tertiary/aromatic N) is 2. The lowest BCUT2D eigenvalue weighted by atomic mass is 10.2. The predicted octanol–water partition coefficient (Wildman–Crippen LogP) is 1.87. The van der Waals surface area contributed by atoms with Gasteiger partial charge in [0, 0.05) is 11.3 Å². The summed E-state index contributed by atoms with van der Waals surface area (Å²) in [4.78, 5) is 18.6. The van der Waals surface area contributed by atoms with Gasteiger partial charge in [0.25, 0.3) is 0 Å². The van der Waals surface area contributed by atoms with Crippen molar-refractivity contribution in [3.8, 4) is 0 Å². The van der Waals surface area contributed by atoms with Crippen LogP contribution in [-0.4, -0.2) is 38.6 Å². The van der Waals surface area contributed by atoms with Gasteiger partial charge < -0.3 is 10.4 Å². The minimum absolute atomic E-state index is 0.0191. The third-order valence-corrected chi connectivity index (χ3v) is 4.02. The lowest BCUT2D eigenvalue weighted by Crippen LogP contribution is -2.18. The molecule has 0 aromatic carbocycles. The zero-order chi connectivity index (χ0) is 12.3. The lowest BCUT2D eigenvalue weighted by Gasteiger charge is -2.13. The Morgan fingerprint density at radius 2 is 2.35 bits per heavy atom. The van der Waals surface area contributed by atoms with Crippen LogP contribution in [0.2, 0.25) is 0 Å². The first-order valence-electron chi connectivity index (χ1n) is 5.53. The van der Waals surface area contributed by atoms with E-state index in [1.165, 1.54) is 12.6 Å². The van der Waals surface area contributed by atoms with Gasteiger partial charge in [-0.2, -0.15) is 11.8 Å². The number of carboxylic acid groups (broad SMARTS) is 1. The first-order valence-corrected chi connectivity index (χ1v) is 6.82. The number of nitrogens with one attached hydrogen (secondary N) is 1. The van der Waals surface area contributed by atoms with Gasteiger partial charge in [0.2, 0.25) is 0 Å². The summed E-state index contributed by atoms with van der Waals surface area (Å²) >= 11 is 1.88. The Kier molecular flexibility index (Phi) is 3.83. The number of carbonyl (C=O) groups is 1. The van der Waals surface area contributed by atoms with Crippen LogP contribution in [0.3, 0.4) is 0 Å². The van der Waals surface area contributed by atoms with Crippen molar-refractivity contribution in [1.82, 2.24) is 9.97 Å². The molecule has 2 rings (SSSR count). The fourth-order valence-electron chi connectivity index (χ4n) is 2.03. The van der Waals surface area contributed by atoms with Crippen LogP contribution in [0.25, 0.3) is 0 Å². The Bertz CT molecular complexity index is 413. The summed E-state index contributed by atoms with van der Waals surface area (Å²) in [7, 11) is 0. The van der Waals surface area contributed by atoms with E-state index < -0.39 is 5.97 Å². The quantitative estimate of drug-likeness (QED) is 0.853. The number of hydrogen-bond donors (Lipinski definition) is 2. The van der Waals surface area contributed by atoms with E-state index in [1.54, 1.807) is 6.20 Å². The Morgan fingerprint density at radius 1 is 1.53 bits per heavy atom. The van der Waals surface area contributed by atoms with Crippen molar-refractivity contribution in [1.29, 1.82) is 0 Å². The highest BCUT2D eigenvalue weighted by Gasteiger charge is 2.24. The molecule has 0 amide bonds. The molecular formula is C11H15N3O2S. The molecular weight excluding hydrogens is 238 g/mol. The smallest absolute Gasteiger partial charge is 0.356 e. The standard InChI is InChI=1S/C11H15N3O2S/c1-17-8-3-2-7(4-8)13-10-6-12-5-9(14-10)11(15)16/h5-8H,2-4H2,1H3,(H,13,14)(H,15,16). The molecule has 17 heavy (non-hydrogen) atoms. The second-order valence-electron chi connectivity index (χ2n) is 4.11. The third kappa shape index (κ3) is 3.09. The van der Waals surface area contributed by atoms with E-state index in [2.05, 4.69) is 21.5 Å². The number of carboxylic acids is 1. The molecule has 1 saturated carbocycles. The highest BCUT2D eigenvalue weighted by Crippen LogP contribution is 2.29. The van der Waals surface area contributed by atoms with E-state index in [-0.39, 0.29) is 5.69 Å². The number of anilines is 1. The topological polar surface area (TPSA) is 75.1 Å². The number of aromatic nitrogens is 2. The second-order valence-corrected chi connectivity index (χ2v) is 5.24. The van der Waals surface area contributed by atoms with Gasteiger partial charge in [0.05, 0.1) is 12.4 Å². The molecule has 1 aliphatic carbocycles. The fourth-order valence-corrected chi connectivity index (χ4v) is 2.83. The highest BCUT2D eigenvalue weighted by molar-refractivity contribution is 7.99. The summed E-state index contributed by atoms with van der Waals surface area (Å²) in [6.45, 7) is 0. The van der Waals surface area contributed by atoms with Gasteiger partial charge in [-0.15, -0.1) is 0 Å². The van der Waals surface area contributed by atoms with Crippen LogP contribution in [0.15, 0.2) is 12.4 Å². The van der Waals surface area contributed by atoms with Crippen molar-refractivity contribution < 1.29 is 9.90 Å². The summed E-state index contributed by atoms with van der Waals surface area (Å²) < 4.78 is 0. The molecule has 0 spiro atoms. The van der Waals surface area contributed by atoms with E-state index >= 15 is 0 Å². The van der Waals surface area contributed by atoms with Gasteiger partial charge in [0.15, 0.2) is 5.69 Å². The lowest BCUT2D eigenvalue weighted by molar-refractivity contribution is 0.0690. The molecule has 1 aromatic rings. The number of thioether (sulfide) groups is 1. The zero-order valence-corrected chi connectivity index (χ0v) is 10.4. The van der Waals surface area contributed by atoms with Crippen molar-refractivity contribution in [2.45, 2.75) is 30.6 Å². The van der Waals surface area contributed by atoms with Crippen LogP contribution < -0.4 is 5.32 Å². The summed E-state index contributed by atoms with van der Waals surface area (Å²) in [5.74, 6) is -0.494. The molecule has 0 saturated heterocycles. The van der Waals surface area contributed by atoms with Gasteiger partial charge in [-0.3, -0.25) is 4.98 Å². The molecule has 0 bridgehead atoms. The van der Waals surface area contributed by atoms with Crippen LogP contribution in [0.1, 0.15) is 29.8 Å². The summed E-state index contributed by atoms with van der Waals surface area (Å²) in [6.07, 6.45) is 8.35. The first-order chi connectivity index (χ1) is 8.19.